The van der Waals surface area contributed by atoms with Crippen LogP contribution in [0.2, 0.25) is 0 Å². The van der Waals surface area contributed by atoms with Crippen LogP contribution in [0.4, 0.5) is 5.69 Å². The van der Waals surface area contributed by atoms with Crippen molar-refractivity contribution in [3.8, 4) is 0 Å². The van der Waals surface area contributed by atoms with E-state index in [-0.39, 0.29) is 12.4 Å². The first-order chi connectivity index (χ1) is 13.5. The van der Waals surface area contributed by atoms with Crippen molar-refractivity contribution in [2.75, 3.05) is 11.9 Å². The molecule has 1 amide bonds. The minimum Gasteiger partial charge on any atom is -0.449 e. The lowest BCUT2D eigenvalue weighted by Gasteiger charge is -2.13. The third-order valence-electron chi connectivity index (χ3n) is 4.31. The highest BCUT2D eigenvalue weighted by molar-refractivity contribution is 5.99. The van der Waals surface area contributed by atoms with Gasteiger partial charge in [0.25, 0.3) is 5.91 Å². The lowest BCUT2D eigenvalue weighted by molar-refractivity contribution is -0.123. The molecule has 0 aliphatic rings. The van der Waals surface area contributed by atoms with Crippen molar-refractivity contribution in [1.82, 2.24) is 0 Å². The van der Waals surface area contributed by atoms with Crippen molar-refractivity contribution in [3.05, 3.63) is 65.4 Å². The van der Waals surface area contributed by atoms with Crippen LogP contribution in [0.25, 0.3) is 11.0 Å². The number of fused-ring (bicyclic) bond motifs is 1. The Hall–Kier alpha value is -3.12. The van der Waals surface area contributed by atoms with E-state index in [0.717, 1.165) is 10.9 Å². The molecule has 1 heterocycles. The summed E-state index contributed by atoms with van der Waals surface area (Å²) in [6.07, 6.45) is -0.984. The number of furan rings is 1. The van der Waals surface area contributed by atoms with E-state index in [1.807, 2.05) is 44.2 Å². The van der Waals surface area contributed by atoms with E-state index in [9.17, 15) is 9.59 Å². The fourth-order valence-electron chi connectivity index (χ4n) is 2.76. The van der Waals surface area contributed by atoms with Gasteiger partial charge in [-0.1, -0.05) is 35.9 Å². The van der Waals surface area contributed by atoms with Crippen LogP contribution in [0.3, 0.4) is 0 Å². The Balaban J connectivity index is 1.74. The second-order valence-corrected chi connectivity index (χ2v) is 6.45. The minimum atomic E-state index is -0.984. The summed E-state index contributed by atoms with van der Waals surface area (Å²) in [5.74, 6) is -1.05. The van der Waals surface area contributed by atoms with E-state index in [0.29, 0.717) is 23.4 Å². The van der Waals surface area contributed by atoms with E-state index in [2.05, 4.69) is 5.32 Å². The summed E-state index contributed by atoms with van der Waals surface area (Å²) in [5, 5.41) is 3.52. The van der Waals surface area contributed by atoms with E-state index < -0.39 is 18.0 Å². The van der Waals surface area contributed by atoms with Gasteiger partial charge in [-0.05, 0) is 39.0 Å². The number of amides is 1. The van der Waals surface area contributed by atoms with Crippen molar-refractivity contribution in [1.29, 1.82) is 0 Å². The number of ether oxygens (including phenoxy) is 2. The Kier molecular flexibility index (Phi) is 6.11. The minimum absolute atomic E-state index is 0.0598. The molecule has 0 spiro atoms. The van der Waals surface area contributed by atoms with Gasteiger partial charge in [0.2, 0.25) is 5.76 Å². The van der Waals surface area contributed by atoms with E-state index >= 15 is 0 Å². The number of carbonyl (C=O) groups excluding carboxylic acids is 2. The molecule has 2 aromatic carbocycles. The second kappa shape index (κ2) is 8.71. The van der Waals surface area contributed by atoms with Crippen molar-refractivity contribution in [2.24, 2.45) is 0 Å². The molecule has 0 aliphatic carbocycles. The average molecular weight is 381 g/mol. The van der Waals surface area contributed by atoms with Crippen molar-refractivity contribution in [3.63, 3.8) is 0 Å². The maximum Gasteiger partial charge on any atom is 0.375 e. The summed E-state index contributed by atoms with van der Waals surface area (Å²) in [5.41, 5.74) is 2.91. The van der Waals surface area contributed by atoms with Crippen LogP contribution in [0.1, 0.15) is 35.5 Å². The summed E-state index contributed by atoms with van der Waals surface area (Å²) in [4.78, 5) is 25.0. The van der Waals surface area contributed by atoms with Crippen LogP contribution >= 0.6 is 0 Å². The molecule has 28 heavy (non-hydrogen) atoms. The predicted molar refractivity (Wildman–Crippen MR) is 106 cm³/mol. The van der Waals surface area contributed by atoms with Gasteiger partial charge in [0.1, 0.15) is 5.58 Å². The first-order valence-corrected chi connectivity index (χ1v) is 9.16. The van der Waals surface area contributed by atoms with Crippen LogP contribution in [0.5, 0.6) is 0 Å². The van der Waals surface area contributed by atoms with Gasteiger partial charge >= 0.3 is 5.97 Å². The van der Waals surface area contributed by atoms with E-state index in [4.69, 9.17) is 13.9 Å². The maximum absolute atomic E-state index is 12.7. The summed E-state index contributed by atoms with van der Waals surface area (Å²) >= 11 is 0. The molecular weight excluding hydrogens is 358 g/mol. The molecule has 6 heteroatoms. The smallest absolute Gasteiger partial charge is 0.375 e. The highest BCUT2D eigenvalue weighted by atomic mass is 16.6. The Morgan fingerprint density at radius 1 is 1.11 bits per heavy atom. The van der Waals surface area contributed by atoms with Gasteiger partial charge in [-0.3, -0.25) is 4.79 Å². The zero-order valence-electron chi connectivity index (χ0n) is 16.2. The SMILES string of the molecule is CCOCc1c(C(=O)O[C@H](C)C(=O)Nc2ccc(C)cc2)oc2ccccc12. The average Bonchev–Trinajstić information content (AvgIpc) is 3.06. The van der Waals surface area contributed by atoms with Crippen LogP contribution in [-0.4, -0.2) is 24.6 Å². The Labute approximate surface area is 163 Å². The van der Waals surface area contributed by atoms with Crippen molar-refractivity contribution >= 4 is 28.5 Å². The maximum atomic E-state index is 12.7. The lowest BCUT2D eigenvalue weighted by atomic mass is 10.1. The molecule has 0 aliphatic heterocycles. The molecule has 0 saturated carbocycles. The highest BCUT2D eigenvalue weighted by Gasteiger charge is 2.26. The largest absolute Gasteiger partial charge is 0.449 e. The summed E-state index contributed by atoms with van der Waals surface area (Å²) < 4.78 is 16.5. The molecule has 1 aromatic heterocycles. The number of esters is 1. The van der Waals surface area contributed by atoms with Gasteiger partial charge in [-0.25, -0.2) is 4.79 Å². The van der Waals surface area contributed by atoms with Crippen LogP contribution in [-0.2, 0) is 20.9 Å². The first-order valence-electron chi connectivity index (χ1n) is 9.16. The molecule has 6 nitrogen and oxygen atoms in total. The van der Waals surface area contributed by atoms with Crippen LogP contribution in [0.15, 0.2) is 52.9 Å². The number of carbonyl (C=O) groups is 2. The van der Waals surface area contributed by atoms with Gasteiger partial charge in [0.15, 0.2) is 6.10 Å². The number of anilines is 1. The topological polar surface area (TPSA) is 77.8 Å². The van der Waals surface area contributed by atoms with Crippen molar-refractivity contribution < 1.29 is 23.5 Å². The molecule has 3 aromatic rings. The normalized spacial score (nSPS) is 12.0. The summed E-state index contributed by atoms with van der Waals surface area (Å²) in [7, 11) is 0. The molecule has 146 valence electrons. The number of rotatable bonds is 7. The van der Waals surface area contributed by atoms with Crippen molar-refractivity contribution in [2.45, 2.75) is 33.5 Å². The number of benzene rings is 2. The Bertz CT molecular complexity index is 974. The monoisotopic (exact) mass is 381 g/mol. The third kappa shape index (κ3) is 4.40. The molecule has 0 fully saturated rings. The summed E-state index contributed by atoms with van der Waals surface area (Å²) in [6.45, 7) is 6.08. The predicted octanol–water partition coefficient (Wildman–Crippen LogP) is 4.46. The standard InChI is InChI=1S/C22H23NO5/c1-4-26-13-18-17-7-5-6-8-19(17)28-20(18)22(25)27-15(3)21(24)23-16-11-9-14(2)10-12-16/h5-12,15H,4,13H2,1-3H3,(H,23,24)/t15-/m1/s1. The molecule has 0 bridgehead atoms. The molecule has 0 radical (unpaired) electrons. The fraction of sp³-hybridized carbons (Fsp3) is 0.273. The molecule has 3 rings (SSSR count). The van der Waals surface area contributed by atoms with E-state index in [1.165, 1.54) is 6.92 Å². The number of para-hydroxylation sites is 1. The van der Waals surface area contributed by atoms with Crippen LogP contribution in [0, 0.1) is 6.92 Å². The molecule has 1 N–H and O–H groups in total. The third-order valence-corrected chi connectivity index (χ3v) is 4.31. The molecule has 0 unspecified atom stereocenters. The van der Waals surface area contributed by atoms with Gasteiger partial charge in [-0.15, -0.1) is 0 Å². The molecule has 0 saturated heterocycles. The molecular formula is C22H23NO5. The highest BCUT2D eigenvalue weighted by Crippen LogP contribution is 2.27. The van der Waals surface area contributed by atoms with E-state index in [1.54, 1.807) is 18.2 Å². The van der Waals surface area contributed by atoms with Gasteiger partial charge in [0, 0.05) is 23.2 Å². The Morgan fingerprint density at radius 2 is 1.82 bits per heavy atom. The Morgan fingerprint density at radius 3 is 2.54 bits per heavy atom. The number of nitrogens with one attached hydrogen (secondary N) is 1. The number of hydrogen-bond donors (Lipinski definition) is 1. The zero-order valence-corrected chi connectivity index (χ0v) is 16.2. The van der Waals surface area contributed by atoms with Gasteiger partial charge in [-0.2, -0.15) is 0 Å². The fourth-order valence-corrected chi connectivity index (χ4v) is 2.76. The van der Waals surface area contributed by atoms with Crippen LogP contribution < -0.4 is 5.32 Å². The second-order valence-electron chi connectivity index (χ2n) is 6.45. The lowest BCUT2D eigenvalue weighted by Crippen LogP contribution is -2.30. The first kappa shape index (κ1) is 19.6. The van der Waals surface area contributed by atoms with Gasteiger partial charge < -0.3 is 19.2 Å². The van der Waals surface area contributed by atoms with Gasteiger partial charge in [0.05, 0.1) is 6.61 Å². The zero-order chi connectivity index (χ0) is 20.1. The quantitative estimate of drug-likeness (QED) is 0.611. The number of aryl methyl sites for hydroxylation is 1. The number of hydrogen-bond acceptors (Lipinski definition) is 5. The molecule has 1 atom stereocenters. The summed E-state index contributed by atoms with van der Waals surface area (Å²) in [6, 6.07) is 14.7.